The molecule has 2 aromatic carbocycles. The van der Waals surface area contributed by atoms with Gasteiger partial charge in [-0.05, 0) is 53.2 Å². The Labute approximate surface area is 175 Å². The average molecular weight is 458 g/mol. The number of thioether (sulfide) groups is 1. The van der Waals surface area contributed by atoms with Crippen molar-refractivity contribution in [2.75, 3.05) is 13.7 Å². The highest BCUT2D eigenvalue weighted by Gasteiger charge is 2.35. The van der Waals surface area contributed by atoms with Crippen LogP contribution in [-0.2, 0) is 11.3 Å². The average Bonchev–Trinajstić information content (AvgIpc) is 2.94. The molecule has 0 N–H and O–H groups in total. The van der Waals surface area contributed by atoms with Gasteiger partial charge in [-0.25, -0.2) is 0 Å². The Kier molecular flexibility index (Phi) is 6.45. The number of halogens is 1. The molecular formula is C21H16BrNO4S. The van der Waals surface area contributed by atoms with E-state index in [2.05, 4.69) is 21.9 Å². The third-order valence-corrected chi connectivity index (χ3v) is 5.30. The number of hydrogen-bond acceptors (Lipinski definition) is 5. The number of ether oxygens (including phenoxy) is 2. The van der Waals surface area contributed by atoms with Crippen molar-refractivity contribution in [3.05, 3.63) is 63.0 Å². The summed E-state index contributed by atoms with van der Waals surface area (Å²) in [6.07, 6.45) is 6.87. The van der Waals surface area contributed by atoms with Gasteiger partial charge in [0.05, 0.1) is 18.6 Å². The van der Waals surface area contributed by atoms with Crippen LogP contribution in [0.25, 0.3) is 6.08 Å². The number of nitrogens with zero attached hydrogens (tertiary/aromatic N) is 1. The molecule has 0 bridgehead atoms. The fourth-order valence-electron chi connectivity index (χ4n) is 2.62. The van der Waals surface area contributed by atoms with E-state index in [1.165, 1.54) is 12.0 Å². The summed E-state index contributed by atoms with van der Waals surface area (Å²) >= 11 is 4.31. The number of imide groups is 1. The van der Waals surface area contributed by atoms with E-state index in [0.29, 0.717) is 16.4 Å². The zero-order valence-corrected chi connectivity index (χ0v) is 17.4. The maximum absolute atomic E-state index is 12.7. The first-order chi connectivity index (χ1) is 13.5. The van der Waals surface area contributed by atoms with Gasteiger partial charge in [0.2, 0.25) is 0 Å². The predicted molar refractivity (Wildman–Crippen MR) is 113 cm³/mol. The van der Waals surface area contributed by atoms with Gasteiger partial charge in [-0.2, -0.15) is 0 Å². The first kappa shape index (κ1) is 20.1. The second kappa shape index (κ2) is 9.00. The topological polar surface area (TPSA) is 55.8 Å². The number of amides is 2. The standard InChI is InChI=1S/C21H16BrNO4S/c1-3-9-27-17-8-7-14(11-18(17)26-2)12-19-20(24)23(21(25)28-19)13-15-5-4-6-16(22)10-15/h1,4-8,10-12H,9,13H2,2H3/b19-12-. The van der Waals surface area contributed by atoms with Crippen molar-refractivity contribution >= 4 is 44.9 Å². The molecule has 1 aliphatic heterocycles. The Hall–Kier alpha value is -2.69. The first-order valence-electron chi connectivity index (χ1n) is 8.26. The third kappa shape index (κ3) is 4.58. The summed E-state index contributed by atoms with van der Waals surface area (Å²) < 4.78 is 11.6. The first-order valence-corrected chi connectivity index (χ1v) is 9.87. The van der Waals surface area contributed by atoms with Crippen LogP contribution in [0.3, 0.4) is 0 Å². The normalized spacial score (nSPS) is 15.0. The van der Waals surface area contributed by atoms with Crippen molar-refractivity contribution in [3.63, 3.8) is 0 Å². The summed E-state index contributed by atoms with van der Waals surface area (Å²) in [6.45, 7) is 0.355. The number of terminal acetylenes is 1. The molecule has 0 aromatic heterocycles. The highest BCUT2D eigenvalue weighted by Crippen LogP contribution is 2.35. The summed E-state index contributed by atoms with van der Waals surface area (Å²) in [5.41, 5.74) is 1.59. The highest BCUT2D eigenvalue weighted by molar-refractivity contribution is 9.10. The van der Waals surface area contributed by atoms with Crippen molar-refractivity contribution in [1.82, 2.24) is 4.90 Å². The van der Waals surface area contributed by atoms with Gasteiger partial charge in [0.15, 0.2) is 11.5 Å². The molecule has 0 aliphatic carbocycles. The van der Waals surface area contributed by atoms with E-state index in [4.69, 9.17) is 15.9 Å². The van der Waals surface area contributed by atoms with E-state index in [-0.39, 0.29) is 24.3 Å². The summed E-state index contributed by atoms with van der Waals surface area (Å²) in [5.74, 6) is 3.09. The molecule has 1 aliphatic rings. The maximum Gasteiger partial charge on any atom is 0.293 e. The predicted octanol–water partition coefficient (Wildman–Crippen LogP) is 4.71. The lowest BCUT2D eigenvalue weighted by atomic mass is 10.1. The van der Waals surface area contributed by atoms with E-state index >= 15 is 0 Å². The molecule has 5 nitrogen and oxygen atoms in total. The van der Waals surface area contributed by atoms with Crippen LogP contribution in [-0.4, -0.2) is 29.8 Å². The molecule has 0 radical (unpaired) electrons. The molecule has 7 heteroatoms. The van der Waals surface area contributed by atoms with Crippen molar-refractivity contribution in [1.29, 1.82) is 0 Å². The second-order valence-corrected chi connectivity index (χ2v) is 7.71. The van der Waals surface area contributed by atoms with Gasteiger partial charge in [-0.15, -0.1) is 6.42 Å². The highest BCUT2D eigenvalue weighted by atomic mass is 79.9. The lowest BCUT2D eigenvalue weighted by molar-refractivity contribution is -0.123. The smallest absolute Gasteiger partial charge is 0.293 e. The Morgan fingerprint density at radius 3 is 2.75 bits per heavy atom. The molecule has 0 saturated carbocycles. The summed E-state index contributed by atoms with van der Waals surface area (Å²) in [7, 11) is 1.52. The Morgan fingerprint density at radius 1 is 1.21 bits per heavy atom. The van der Waals surface area contributed by atoms with E-state index in [0.717, 1.165) is 27.4 Å². The third-order valence-electron chi connectivity index (χ3n) is 3.90. The van der Waals surface area contributed by atoms with E-state index < -0.39 is 0 Å². The summed E-state index contributed by atoms with van der Waals surface area (Å²) in [4.78, 5) is 26.6. The van der Waals surface area contributed by atoms with Crippen LogP contribution in [0.15, 0.2) is 51.8 Å². The Balaban J connectivity index is 1.80. The number of hydrogen-bond donors (Lipinski definition) is 0. The van der Waals surface area contributed by atoms with Crippen LogP contribution >= 0.6 is 27.7 Å². The Bertz CT molecular complexity index is 996. The van der Waals surface area contributed by atoms with Crippen LogP contribution in [0.4, 0.5) is 4.79 Å². The van der Waals surface area contributed by atoms with Gasteiger partial charge in [-0.1, -0.05) is 40.0 Å². The zero-order chi connectivity index (χ0) is 20.1. The molecule has 1 saturated heterocycles. The molecule has 0 unspecified atom stereocenters. The molecule has 1 fully saturated rings. The zero-order valence-electron chi connectivity index (χ0n) is 15.0. The van der Waals surface area contributed by atoms with Gasteiger partial charge >= 0.3 is 0 Å². The molecule has 2 amide bonds. The minimum atomic E-state index is -0.318. The molecule has 0 spiro atoms. The van der Waals surface area contributed by atoms with Crippen molar-refractivity contribution in [3.8, 4) is 23.8 Å². The summed E-state index contributed by atoms with van der Waals surface area (Å²) in [6, 6.07) is 12.7. The second-order valence-electron chi connectivity index (χ2n) is 5.80. The fraction of sp³-hybridized carbons (Fsp3) is 0.143. The van der Waals surface area contributed by atoms with Gasteiger partial charge in [-0.3, -0.25) is 14.5 Å². The van der Waals surface area contributed by atoms with Crippen molar-refractivity contribution in [2.45, 2.75) is 6.54 Å². The molecular weight excluding hydrogens is 442 g/mol. The Morgan fingerprint density at radius 2 is 2.04 bits per heavy atom. The minimum Gasteiger partial charge on any atom is -0.493 e. The minimum absolute atomic E-state index is 0.129. The monoisotopic (exact) mass is 457 g/mol. The molecule has 2 aromatic rings. The number of rotatable bonds is 6. The number of carbonyl (C=O) groups excluding carboxylic acids is 2. The lowest BCUT2D eigenvalue weighted by Gasteiger charge is -2.12. The number of carbonyl (C=O) groups is 2. The van der Waals surface area contributed by atoms with Gasteiger partial charge < -0.3 is 9.47 Å². The van der Waals surface area contributed by atoms with Crippen LogP contribution in [0.1, 0.15) is 11.1 Å². The number of methoxy groups -OCH3 is 1. The van der Waals surface area contributed by atoms with Crippen LogP contribution in [0, 0.1) is 12.3 Å². The molecule has 28 heavy (non-hydrogen) atoms. The number of benzene rings is 2. The molecule has 142 valence electrons. The molecule has 0 atom stereocenters. The van der Waals surface area contributed by atoms with E-state index in [1.54, 1.807) is 24.3 Å². The van der Waals surface area contributed by atoms with Gasteiger partial charge in [0.25, 0.3) is 11.1 Å². The van der Waals surface area contributed by atoms with Crippen LogP contribution in [0.5, 0.6) is 11.5 Å². The van der Waals surface area contributed by atoms with E-state index in [1.807, 2.05) is 24.3 Å². The summed E-state index contributed by atoms with van der Waals surface area (Å²) in [5, 5.41) is -0.294. The van der Waals surface area contributed by atoms with Gasteiger partial charge in [0, 0.05) is 4.47 Å². The quantitative estimate of drug-likeness (QED) is 0.464. The largest absolute Gasteiger partial charge is 0.493 e. The van der Waals surface area contributed by atoms with E-state index in [9.17, 15) is 9.59 Å². The van der Waals surface area contributed by atoms with Gasteiger partial charge in [0.1, 0.15) is 6.61 Å². The SMILES string of the molecule is C#CCOc1ccc(/C=C2\SC(=O)N(Cc3cccc(Br)c3)C2=O)cc1OC. The lowest BCUT2D eigenvalue weighted by Crippen LogP contribution is -2.27. The fourth-order valence-corrected chi connectivity index (χ4v) is 3.90. The molecule has 3 rings (SSSR count). The molecule has 1 heterocycles. The van der Waals surface area contributed by atoms with Crippen LogP contribution in [0.2, 0.25) is 0 Å². The van der Waals surface area contributed by atoms with Crippen LogP contribution < -0.4 is 9.47 Å². The van der Waals surface area contributed by atoms with Crippen molar-refractivity contribution < 1.29 is 19.1 Å². The van der Waals surface area contributed by atoms with Crippen molar-refractivity contribution in [2.24, 2.45) is 0 Å². The maximum atomic E-state index is 12.7.